The highest BCUT2D eigenvalue weighted by Gasteiger charge is 2.39. The molecule has 0 spiro atoms. The normalized spacial score (nSPS) is 15.8. The van der Waals surface area contributed by atoms with Gasteiger partial charge in [-0.15, -0.1) is 0 Å². The fraction of sp³-hybridized carbons (Fsp3) is 0.348. The monoisotopic (exact) mass is 444 g/mol. The summed E-state index contributed by atoms with van der Waals surface area (Å²) in [4.78, 5) is 12.8. The predicted octanol–water partition coefficient (Wildman–Crippen LogP) is 3.52. The van der Waals surface area contributed by atoms with E-state index in [2.05, 4.69) is 5.32 Å². The zero-order valence-electron chi connectivity index (χ0n) is 18.4. The first-order chi connectivity index (χ1) is 14.8. The molecule has 1 N–H and O–H groups in total. The molecule has 0 bridgehead atoms. The van der Waals surface area contributed by atoms with Crippen molar-refractivity contribution in [1.29, 1.82) is 0 Å². The first-order valence-electron chi connectivity index (χ1n) is 10.1. The Morgan fingerprint density at radius 2 is 1.71 bits per heavy atom. The Hall–Kier alpha value is -3.00. The standard InChI is InChI=1S/C23H28N2O5S/c1-6-25-19-13-21(30-5)20(29-4)12-18(19)16(3)22(31(25,27)28)23(26)24-14-15(2)17-10-8-7-9-11-17/h7-13,15H,6,14H2,1-5H3,(H,24,26). The van der Waals surface area contributed by atoms with Gasteiger partial charge in [-0.25, -0.2) is 8.42 Å². The number of methoxy groups -OCH3 is 2. The molecular formula is C23H28N2O5S. The molecule has 0 aromatic heterocycles. The van der Waals surface area contributed by atoms with Crippen LogP contribution in [-0.4, -0.2) is 41.6 Å². The first-order valence-corrected chi connectivity index (χ1v) is 11.5. The van der Waals surface area contributed by atoms with Crippen molar-refractivity contribution in [3.63, 3.8) is 0 Å². The number of rotatable bonds is 7. The number of amides is 1. The van der Waals surface area contributed by atoms with E-state index < -0.39 is 15.9 Å². The average Bonchev–Trinajstić information content (AvgIpc) is 2.77. The number of benzene rings is 2. The van der Waals surface area contributed by atoms with Crippen LogP contribution in [0.25, 0.3) is 5.57 Å². The summed E-state index contributed by atoms with van der Waals surface area (Å²) in [5.74, 6) is 0.316. The van der Waals surface area contributed by atoms with Crippen LogP contribution in [0.2, 0.25) is 0 Å². The number of ether oxygens (including phenoxy) is 2. The first kappa shape index (κ1) is 22.7. The van der Waals surface area contributed by atoms with Crippen LogP contribution in [0.4, 0.5) is 5.69 Å². The van der Waals surface area contributed by atoms with E-state index in [1.807, 2.05) is 37.3 Å². The molecule has 2 aromatic rings. The third-order valence-electron chi connectivity index (χ3n) is 5.49. The second kappa shape index (κ2) is 9.01. The minimum absolute atomic E-state index is 0.0382. The van der Waals surface area contributed by atoms with Gasteiger partial charge >= 0.3 is 0 Å². The van der Waals surface area contributed by atoms with Crippen molar-refractivity contribution < 1.29 is 22.7 Å². The predicted molar refractivity (Wildman–Crippen MR) is 122 cm³/mol. The largest absolute Gasteiger partial charge is 0.493 e. The molecule has 1 heterocycles. The number of fused-ring (bicyclic) bond motifs is 1. The lowest BCUT2D eigenvalue weighted by molar-refractivity contribution is -0.116. The molecule has 1 unspecified atom stereocenters. The number of hydrogen-bond donors (Lipinski definition) is 1. The van der Waals surface area contributed by atoms with Gasteiger partial charge in [0.2, 0.25) is 0 Å². The topological polar surface area (TPSA) is 84.9 Å². The van der Waals surface area contributed by atoms with Crippen LogP contribution in [0.15, 0.2) is 47.4 Å². The van der Waals surface area contributed by atoms with Crippen LogP contribution < -0.4 is 19.1 Å². The Balaban J connectivity index is 2.01. The molecule has 3 rings (SSSR count). The van der Waals surface area contributed by atoms with Crippen molar-refractivity contribution in [1.82, 2.24) is 5.32 Å². The maximum atomic E-state index is 13.4. The molecule has 1 atom stereocenters. The summed E-state index contributed by atoms with van der Waals surface area (Å²) >= 11 is 0. The van der Waals surface area contributed by atoms with E-state index in [0.29, 0.717) is 34.9 Å². The lowest BCUT2D eigenvalue weighted by Gasteiger charge is -2.32. The van der Waals surface area contributed by atoms with Crippen molar-refractivity contribution in [2.75, 3.05) is 31.6 Å². The van der Waals surface area contributed by atoms with E-state index in [9.17, 15) is 13.2 Å². The van der Waals surface area contributed by atoms with Crippen molar-refractivity contribution in [3.8, 4) is 11.5 Å². The van der Waals surface area contributed by atoms with Crippen LogP contribution in [-0.2, 0) is 14.8 Å². The fourth-order valence-electron chi connectivity index (χ4n) is 3.78. The third-order valence-corrected chi connectivity index (χ3v) is 7.54. The molecule has 1 amide bonds. The average molecular weight is 445 g/mol. The molecule has 0 aliphatic carbocycles. The van der Waals surface area contributed by atoms with Gasteiger partial charge in [-0.05, 0) is 37.0 Å². The molecule has 0 saturated heterocycles. The SMILES string of the molecule is CCN1c2cc(OC)c(OC)cc2C(C)=C(C(=O)NCC(C)c2ccccc2)S1(=O)=O. The van der Waals surface area contributed by atoms with Crippen molar-refractivity contribution in [3.05, 3.63) is 58.5 Å². The van der Waals surface area contributed by atoms with Crippen molar-refractivity contribution in [2.24, 2.45) is 0 Å². The lowest BCUT2D eigenvalue weighted by atomic mass is 10.0. The van der Waals surface area contributed by atoms with E-state index in [1.54, 1.807) is 26.0 Å². The molecule has 0 saturated carbocycles. The minimum atomic E-state index is -4.03. The zero-order chi connectivity index (χ0) is 22.8. The second-order valence-corrected chi connectivity index (χ2v) is 9.17. The van der Waals surface area contributed by atoms with Gasteiger partial charge in [0.15, 0.2) is 16.4 Å². The van der Waals surface area contributed by atoms with Gasteiger partial charge in [-0.3, -0.25) is 9.10 Å². The van der Waals surface area contributed by atoms with Gasteiger partial charge < -0.3 is 14.8 Å². The fourth-order valence-corrected chi connectivity index (χ4v) is 5.56. The molecular weight excluding hydrogens is 416 g/mol. The number of carbonyl (C=O) groups is 1. The smallest absolute Gasteiger partial charge is 0.270 e. The van der Waals surface area contributed by atoms with Crippen LogP contribution in [0, 0.1) is 0 Å². The molecule has 166 valence electrons. The Kier molecular flexibility index (Phi) is 6.59. The number of carbonyl (C=O) groups excluding carboxylic acids is 1. The van der Waals surface area contributed by atoms with Gasteiger partial charge in [-0.2, -0.15) is 0 Å². The van der Waals surface area contributed by atoms with Gasteiger partial charge in [0, 0.05) is 24.7 Å². The molecule has 7 nitrogen and oxygen atoms in total. The number of nitrogens with one attached hydrogen (secondary N) is 1. The van der Waals surface area contributed by atoms with Crippen molar-refractivity contribution in [2.45, 2.75) is 26.7 Å². The van der Waals surface area contributed by atoms with Crippen LogP contribution in [0.1, 0.15) is 37.8 Å². The quantitative estimate of drug-likeness (QED) is 0.706. The number of sulfonamides is 1. The zero-order valence-corrected chi connectivity index (χ0v) is 19.2. The number of allylic oxidation sites excluding steroid dienone is 1. The summed E-state index contributed by atoms with van der Waals surface area (Å²) < 4.78 is 38.7. The molecule has 0 fully saturated rings. The van der Waals surface area contributed by atoms with Gasteiger partial charge in [0.1, 0.15) is 0 Å². The number of nitrogens with zero attached hydrogens (tertiary/aromatic N) is 1. The molecule has 1 aliphatic heterocycles. The summed E-state index contributed by atoms with van der Waals surface area (Å²) in [6.45, 7) is 5.85. The summed E-state index contributed by atoms with van der Waals surface area (Å²) in [6, 6.07) is 13.1. The molecule has 31 heavy (non-hydrogen) atoms. The highest BCUT2D eigenvalue weighted by atomic mass is 32.2. The van der Waals surface area contributed by atoms with E-state index >= 15 is 0 Å². The minimum Gasteiger partial charge on any atom is -0.493 e. The Morgan fingerprint density at radius 3 is 2.29 bits per heavy atom. The number of hydrogen-bond acceptors (Lipinski definition) is 5. The molecule has 2 aromatic carbocycles. The van der Waals surface area contributed by atoms with E-state index in [-0.39, 0.29) is 17.4 Å². The summed E-state index contributed by atoms with van der Waals surface area (Å²) in [7, 11) is -1.02. The van der Waals surface area contributed by atoms with E-state index in [4.69, 9.17) is 9.47 Å². The maximum Gasteiger partial charge on any atom is 0.270 e. The van der Waals surface area contributed by atoms with Crippen LogP contribution >= 0.6 is 0 Å². The number of anilines is 1. The Labute approximate surface area is 183 Å². The molecule has 1 aliphatic rings. The van der Waals surface area contributed by atoms with Crippen molar-refractivity contribution >= 4 is 27.2 Å². The highest BCUT2D eigenvalue weighted by molar-refractivity contribution is 7.97. The summed E-state index contributed by atoms with van der Waals surface area (Å²) in [5.41, 5.74) is 2.53. The molecule has 8 heteroatoms. The Bertz CT molecular complexity index is 1110. The molecule has 0 radical (unpaired) electrons. The van der Waals surface area contributed by atoms with Gasteiger partial charge in [0.25, 0.3) is 15.9 Å². The summed E-state index contributed by atoms with van der Waals surface area (Å²) in [6.07, 6.45) is 0. The van der Waals surface area contributed by atoms with Gasteiger partial charge in [-0.1, -0.05) is 37.3 Å². The second-order valence-electron chi connectivity index (χ2n) is 7.37. The Morgan fingerprint density at radius 1 is 1.10 bits per heavy atom. The highest BCUT2D eigenvalue weighted by Crippen LogP contribution is 2.44. The maximum absolute atomic E-state index is 13.4. The lowest BCUT2D eigenvalue weighted by Crippen LogP contribution is -2.41. The summed E-state index contributed by atoms with van der Waals surface area (Å²) in [5, 5.41) is 2.80. The van der Waals surface area contributed by atoms with Gasteiger partial charge in [0.05, 0.1) is 19.9 Å². The van der Waals surface area contributed by atoms with Crippen LogP contribution in [0.5, 0.6) is 11.5 Å². The van der Waals surface area contributed by atoms with E-state index in [1.165, 1.54) is 18.5 Å². The van der Waals surface area contributed by atoms with E-state index in [0.717, 1.165) is 5.56 Å². The van der Waals surface area contributed by atoms with Crippen LogP contribution in [0.3, 0.4) is 0 Å². The third kappa shape index (κ3) is 4.12.